The van der Waals surface area contributed by atoms with Crippen LogP contribution in [0.1, 0.15) is 38.8 Å². The number of hydrogen-bond acceptors (Lipinski definition) is 2. The molecule has 0 amide bonds. The Balaban J connectivity index is 2.68. The first kappa shape index (κ1) is 13.6. The average Bonchev–Trinajstić information content (AvgIpc) is 2.15. The third-order valence-corrected chi connectivity index (χ3v) is 3.31. The first-order chi connectivity index (χ1) is 7.42. The summed E-state index contributed by atoms with van der Waals surface area (Å²) in [6, 6.07) is 6.75. The Morgan fingerprint density at radius 1 is 1.25 bits per heavy atom. The molecule has 0 spiro atoms. The van der Waals surface area contributed by atoms with E-state index < -0.39 is 0 Å². The fraction of sp³-hybridized carbons (Fsp3) is 0.571. The summed E-state index contributed by atoms with van der Waals surface area (Å²) in [6.07, 6.45) is 0. The maximum atomic E-state index is 3.52. The molecule has 0 saturated carbocycles. The van der Waals surface area contributed by atoms with Crippen molar-refractivity contribution in [1.82, 2.24) is 5.32 Å². The summed E-state index contributed by atoms with van der Waals surface area (Å²) in [5.74, 6) is 1.14. The van der Waals surface area contributed by atoms with Crippen molar-refractivity contribution >= 4 is 11.8 Å². The highest BCUT2D eigenvalue weighted by atomic mass is 32.2. The standard InChI is InChI=1S/C14H23NS/c1-6-16-13-8-7-12(11(2)9-13)10-15-14(3,4)5/h7-9,15H,6,10H2,1-5H3. The van der Waals surface area contributed by atoms with Crippen molar-refractivity contribution in [2.45, 2.75) is 51.6 Å². The highest BCUT2D eigenvalue weighted by molar-refractivity contribution is 7.99. The molecule has 0 aliphatic heterocycles. The summed E-state index contributed by atoms with van der Waals surface area (Å²) in [5.41, 5.74) is 2.97. The van der Waals surface area contributed by atoms with Gasteiger partial charge in [-0.05, 0) is 56.7 Å². The Bertz CT molecular complexity index is 339. The minimum atomic E-state index is 0.184. The molecule has 1 aromatic rings. The van der Waals surface area contributed by atoms with Crippen molar-refractivity contribution in [3.8, 4) is 0 Å². The number of benzene rings is 1. The van der Waals surface area contributed by atoms with E-state index in [9.17, 15) is 0 Å². The van der Waals surface area contributed by atoms with Crippen LogP contribution in [0.4, 0.5) is 0 Å². The lowest BCUT2D eigenvalue weighted by atomic mass is 10.1. The van der Waals surface area contributed by atoms with E-state index in [1.54, 1.807) is 0 Å². The van der Waals surface area contributed by atoms with E-state index in [0.29, 0.717) is 0 Å². The SMILES string of the molecule is CCSc1ccc(CNC(C)(C)C)c(C)c1. The Kier molecular flexibility index (Phi) is 4.88. The van der Waals surface area contributed by atoms with Crippen molar-refractivity contribution in [3.05, 3.63) is 29.3 Å². The maximum Gasteiger partial charge on any atom is 0.0212 e. The van der Waals surface area contributed by atoms with Crippen LogP contribution < -0.4 is 5.32 Å². The molecule has 2 heteroatoms. The Hall–Kier alpha value is -0.470. The van der Waals surface area contributed by atoms with Gasteiger partial charge in [-0.25, -0.2) is 0 Å². The Morgan fingerprint density at radius 2 is 1.94 bits per heavy atom. The molecule has 0 saturated heterocycles. The van der Waals surface area contributed by atoms with Crippen LogP contribution in [0, 0.1) is 6.92 Å². The van der Waals surface area contributed by atoms with E-state index in [1.807, 2.05) is 11.8 Å². The fourth-order valence-electron chi connectivity index (χ4n) is 1.48. The molecule has 0 bridgehead atoms. The van der Waals surface area contributed by atoms with Gasteiger partial charge in [0.25, 0.3) is 0 Å². The number of thioether (sulfide) groups is 1. The van der Waals surface area contributed by atoms with Crippen LogP contribution in [-0.4, -0.2) is 11.3 Å². The van der Waals surface area contributed by atoms with Crippen molar-refractivity contribution < 1.29 is 0 Å². The number of aryl methyl sites for hydroxylation is 1. The summed E-state index contributed by atoms with van der Waals surface area (Å²) in [5, 5.41) is 3.52. The summed E-state index contributed by atoms with van der Waals surface area (Å²) in [6.45, 7) is 11.9. The summed E-state index contributed by atoms with van der Waals surface area (Å²) in [7, 11) is 0. The average molecular weight is 237 g/mol. The molecule has 1 rings (SSSR count). The van der Waals surface area contributed by atoms with Crippen molar-refractivity contribution in [1.29, 1.82) is 0 Å². The van der Waals surface area contributed by atoms with Crippen molar-refractivity contribution in [2.75, 3.05) is 5.75 Å². The second-order valence-electron chi connectivity index (χ2n) is 5.12. The molecule has 0 fully saturated rings. The smallest absolute Gasteiger partial charge is 0.0212 e. The molecule has 0 aromatic heterocycles. The summed E-state index contributed by atoms with van der Waals surface area (Å²) in [4.78, 5) is 1.37. The first-order valence-corrected chi connectivity index (χ1v) is 6.88. The summed E-state index contributed by atoms with van der Waals surface area (Å²) < 4.78 is 0. The van der Waals surface area contributed by atoms with Gasteiger partial charge < -0.3 is 5.32 Å². The molecule has 1 N–H and O–H groups in total. The van der Waals surface area contributed by atoms with E-state index in [-0.39, 0.29) is 5.54 Å². The molecule has 0 radical (unpaired) electrons. The van der Waals surface area contributed by atoms with Gasteiger partial charge in [0.15, 0.2) is 0 Å². The second-order valence-corrected chi connectivity index (χ2v) is 6.46. The minimum Gasteiger partial charge on any atom is -0.308 e. The van der Waals surface area contributed by atoms with E-state index in [0.717, 1.165) is 12.3 Å². The lowest BCUT2D eigenvalue weighted by Gasteiger charge is -2.21. The Morgan fingerprint density at radius 3 is 2.44 bits per heavy atom. The first-order valence-electron chi connectivity index (χ1n) is 5.90. The number of hydrogen-bond donors (Lipinski definition) is 1. The van der Waals surface area contributed by atoms with Gasteiger partial charge in [0.1, 0.15) is 0 Å². The van der Waals surface area contributed by atoms with Gasteiger partial charge >= 0.3 is 0 Å². The van der Waals surface area contributed by atoms with Gasteiger partial charge in [0.05, 0.1) is 0 Å². The predicted octanol–water partition coefficient (Wildman–Crippen LogP) is 4.00. The normalized spacial score (nSPS) is 11.8. The van der Waals surface area contributed by atoms with Crippen LogP contribution in [-0.2, 0) is 6.54 Å². The van der Waals surface area contributed by atoms with Gasteiger partial charge in [-0.2, -0.15) is 0 Å². The molecule has 16 heavy (non-hydrogen) atoms. The van der Waals surface area contributed by atoms with Crippen molar-refractivity contribution in [3.63, 3.8) is 0 Å². The number of rotatable bonds is 4. The molecule has 0 atom stereocenters. The van der Waals surface area contributed by atoms with Crippen LogP contribution >= 0.6 is 11.8 Å². The zero-order valence-corrected chi connectivity index (χ0v) is 11.9. The van der Waals surface area contributed by atoms with Crippen LogP contribution in [0.15, 0.2) is 23.1 Å². The lowest BCUT2D eigenvalue weighted by molar-refractivity contribution is 0.424. The predicted molar refractivity (Wildman–Crippen MR) is 74.2 cm³/mol. The Labute approximate surface area is 104 Å². The molecule has 0 aliphatic carbocycles. The van der Waals surface area contributed by atoms with Gasteiger partial charge in [-0.3, -0.25) is 0 Å². The summed E-state index contributed by atoms with van der Waals surface area (Å²) >= 11 is 1.90. The molecule has 1 aromatic carbocycles. The lowest BCUT2D eigenvalue weighted by Crippen LogP contribution is -2.35. The van der Waals surface area contributed by atoms with Gasteiger partial charge in [-0.1, -0.05) is 13.0 Å². The molecule has 0 unspecified atom stereocenters. The van der Waals surface area contributed by atoms with E-state index in [2.05, 4.69) is 58.1 Å². The molecular formula is C14H23NS. The van der Waals surface area contributed by atoms with Crippen LogP contribution in [0.3, 0.4) is 0 Å². The largest absolute Gasteiger partial charge is 0.308 e. The van der Waals surface area contributed by atoms with E-state index >= 15 is 0 Å². The molecular weight excluding hydrogens is 214 g/mol. The molecule has 90 valence electrons. The van der Waals surface area contributed by atoms with E-state index in [1.165, 1.54) is 16.0 Å². The third-order valence-electron chi connectivity index (χ3n) is 2.43. The van der Waals surface area contributed by atoms with Gasteiger partial charge in [-0.15, -0.1) is 11.8 Å². The highest BCUT2D eigenvalue weighted by Gasteiger charge is 2.09. The molecule has 0 heterocycles. The maximum absolute atomic E-state index is 3.52. The van der Waals surface area contributed by atoms with E-state index in [4.69, 9.17) is 0 Å². The zero-order valence-electron chi connectivity index (χ0n) is 11.1. The quantitative estimate of drug-likeness (QED) is 0.795. The second kappa shape index (κ2) is 5.74. The highest BCUT2D eigenvalue weighted by Crippen LogP contribution is 2.21. The van der Waals surface area contributed by atoms with Crippen molar-refractivity contribution in [2.24, 2.45) is 0 Å². The number of nitrogens with one attached hydrogen (secondary N) is 1. The van der Waals surface area contributed by atoms with Gasteiger partial charge in [0, 0.05) is 17.0 Å². The van der Waals surface area contributed by atoms with Gasteiger partial charge in [0.2, 0.25) is 0 Å². The van der Waals surface area contributed by atoms with Crippen LogP contribution in [0.5, 0.6) is 0 Å². The van der Waals surface area contributed by atoms with Crippen LogP contribution in [0.2, 0.25) is 0 Å². The van der Waals surface area contributed by atoms with Crippen LogP contribution in [0.25, 0.3) is 0 Å². The topological polar surface area (TPSA) is 12.0 Å². The minimum absolute atomic E-state index is 0.184. The third kappa shape index (κ3) is 4.58. The molecule has 0 aliphatic rings. The fourth-order valence-corrected chi connectivity index (χ4v) is 2.24. The monoisotopic (exact) mass is 237 g/mol. The molecule has 1 nitrogen and oxygen atoms in total. The zero-order chi connectivity index (χ0) is 12.2.